The topological polar surface area (TPSA) is 59.1 Å². The first-order valence-electron chi connectivity index (χ1n) is 10.5. The number of hydrogen-bond donors (Lipinski definition) is 2. The molecule has 1 saturated heterocycles. The Morgan fingerprint density at radius 3 is 2.67 bits per heavy atom. The van der Waals surface area contributed by atoms with Crippen LogP contribution in [-0.2, 0) is 10.9 Å². The van der Waals surface area contributed by atoms with E-state index in [0.29, 0.717) is 50.8 Å². The lowest BCUT2D eigenvalue weighted by Crippen LogP contribution is -2.19. The van der Waals surface area contributed by atoms with Crippen LogP contribution in [-0.4, -0.2) is 29.2 Å². The summed E-state index contributed by atoms with van der Waals surface area (Å²) in [6.07, 6.45) is -3.54. The van der Waals surface area contributed by atoms with Crippen LogP contribution in [0.4, 0.5) is 24.7 Å². The van der Waals surface area contributed by atoms with E-state index in [1.165, 1.54) is 13.0 Å². The highest BCUT2D eigenvalue weighted by Crippen LogP contribution is 2.40. The summed E-state index contributed by atoms with van der Waals surface area (Å²) in [5.74, 6) is 0.999. The molecule has 1 aliphatic heterocycles. The minimum Gasteiger partial charge on any atom is -0.379 e. The van der Waals surface area contributed by atoms with Gasteiger partial charge in [0, 0.05) is 12.0 Å². The zero-order valence-electron chi connectivity index (χ0n) is 18.3. The molecule has 1 aliphatic rings. The maximum absolute atomic E-state index is 13.4. The van der Waals surface area contributed by atoms with Crippen molar-refractivity contribution in [2.45, 2.75) is 45.5 Å². The molecule has 0 aliphatic carbocycles. The van der Waals surface area contributed by atoms with Gasteiger partial charge in [-0.25, -0.2) is 9.97 Å². The van der Waals surface area contributed by atoms with Crippen LogP contribution in [0.15, 0.2) is 28.7 Å². The summed E-state index contributed by atoms with van der Waals surface area (Å²) < 4.78 is 46.3. The van der Waals surface area contributed by atoms with Crippen LogP contribution in [0, 0.1) is 13.8 Å². The van der Waals surface area contributed by atoms with Gasteiger partial charge in [0.15, 0.2) is 0 Å². The molecule has 4 rings (SSSR count). The second-order valence-electron chi connectivity index (χ2n) is 8.16. The molecule has 1 aromatic heterocycles. The van der Waals surface area contributed by atoms with Crippen LogP contribution in [0.3, 0.4) is 0 Å². The SMILES string of the molecule is Cc1nc(N[C@H](C)c2cccc(C(F)(F)F)c2C)c2cc(N[C@H]3CCOC3)c(Br)c(Cl)c2n1. The fraction of sp³-hybridized carbons (Fsp3) is 0.391. The molecule has 2 heterocycles. The Labute approximate surface area is 203 Å². The van der Waals surface area contributed by atoms with Crippen molar-refractivity contribution in [2.24, 2.45) is 0 Å². The molecule has 0 unspecified atom stereocenters. The van der Waals surface area contributed by atoms with Gasteiger partial charge in [-0.15, -0.1) is 0 Å². The van der Waals surface area contributed by atoms with Crippen molar-refractivity contribution in [3.63, 3.8) is 0 Å². The van der Waals surface area contributed by atoms with E-state index in [1.807, 2.05) is 6.07 Å². The van der Waals surface area contributed by atoms with Gasteiger partial charge in [-0.05, 0) is 66.4 Å². The third-order valence-electron chi connectivity index (χ3n) is 5.77. The Bertz CT molecular complexity index is 1200. The first kappa shape index (κ1) is 24.0. The number of ether oxygens (including phenoxy) is 1. The molecule has 0 bridgehead atoms. The summed E-state index contributed by atoms with van der Waals surface area (Å²) in [7, 11) is 0. The third-order valence-corrected chi connectivity index (χ3v) is 7.19. The predicted octanol–water partition coefficient (Wildman–Crippen LogP) is 7.06. The number of alkyl halides is 3. The second kappa shape index (κ2) is 9.27. The third kappa shape index (κ3) is 4.90. The predicted molar refractivity (Wildman–Crippen MR) is 128 cm³/mol. The first-order chi connectivity index (χ1) is 15.6. The van der Waals surface area contributed by atoms with Crippen molar-refractivity contribution in [3.8, 4) is 0 Å². The Morgan fingerprint density at radius 1 is 1.24 bits per heavy atom. The van der Waals surface area contributed by atoms with Gasteiger partial charge in [0.25, 0.3) is 0 Å². The van der Waals surface area contributed by atoms with Gasteiger partial charge in [-0.2, -0.15) is 13.2 Å². The molecule has 2 N–H and O–H groups in total. The summed E-state index contributed by atoms with van der Waals surface area (Å²) in [6, 6.07) is 5.83. The smallest absolute Gasteiger partial charge is 0.379 e. The fourth-order valence-electron chi connectivity index (χ4n) is 4.11. The van der Waals surface area contributed by atoms with Gasteiger partial charge in [0.1, 0.15) is 11.6 Å². The number of benzene rings is 2. The highest BCUT2D eigenvalue weighted by molar-refractivity contribution is 9.10. The van der Waals surface area contributed by atoms with Gasteiger partial charge in [-0.1, -0.05) is 23.7 Å². The summed E-state index contributed by atoms with van der Waals surface area (Å²) >= 11 is 10.2. The minimum absolute atomic E-state index is 0.157. The summed E-state index contributed by atoms with van der Waals surface area (Å²) in [6.45, 7) is 6.33. The molecule has 1 fully saturated rings. The van der Waals surface area contributed by atoms with Gasteiger partial charge in [0.2, 0.25) is 0 Å². The van der Waals surface area contributed by atoms with Crippen LogP contribution in [0.1, 0.15) is 41.9 Å². The van der Waals surface area contributed by atoms with E-state index in [2.05, 4.69) is 36.5 Å². The fourth-order valence-corrected chi connectivity index (χ4v) is 4.77. The van der Waals surface area contributed by atoms with Crippen molar-refractivity contribution in [1.29, 1.82) is 0 Å². The molecule has 0 saturated carbocycles. The van der Waals surface area contributed by atoms with Crippen LogP contribution in [0.25, 0.3) is 10.9 Å². The summed E-state index contributed by atoms with van der Waals surface area (Å²) in [4.78, 5) is 9.04. The molecule has 2 aromatic carbocycles. The Kier molecular flexibility index (Phi) is 6.75. The van der Waals surface area contributed by atoms with Crippen molar-refractivity contribution in [3.05, 3.63) is 56.3 Å². The first-order valence-corrected chi connectivity index (χ1v) is 11.7. The number of anilines is 2. The maximum Gasteiger partial charge on any atom is 0.416 e. The number of halogens is 5. The van der Waals surface area contributed by atoms with Crippen LogP contribution in [0.5, 0.6) is 0 Å². The lowest BCUT2D eigenvalue weighted by atomic mass is 9.97. The van der Waals surface area contributed by atoms with E-state index in [9.17, 15) is 13.2 Å². The zero-order chi connectivity index (χ0) is 23.9. The van der Waals surface area contributed by atoms with E-state index < -0.39 is 17.8 Å². The molecule has 33 heavy (non-hydrogen) atoms. The molecule has 0 amide bonds. The van der Waals surface area contributed by atoms with Crippen LogP contribution in [0.2, 0.25) is 5.02 Å². The standard InChI is InChI=1S/C23H23BrClF3N4O/c1-11-15(5-4-6-17(11)23(26,27)28)12(2)29-22-16-9-18(32-14-7-8-33-10-14)19(24)20(25)21(16)30-13(3)31-22/h4-6,9,12,14,32H,7-8,10H2,1-3H3,(H,29,30,31)/t12-,14+/m1/s1. The maximum atomic E-state index is 13.4. The number of hydrogen-bond acceptors (Lipinski definition) is 5. The molecule has 5 nitrogen and oxygen atoms in total. The number of aromatic nitrogens is 2. The van der Waals surface area contributed by atoms with Crippen molar-refractivity contribution in [2.75, 3.05) is 23.8 Å². The van der Waals surface area contributed by atoms with Crippen molar-refractivity contribution < 1.29 is 17.9 Å². The largest absolute Gasteiger partial charge is 0.416 e. The minimum atomic E-state index is -4.41. The molecule has 3 aromatic rings. The molecular formula is C23H23BrClF3N4O. The van der Waals surface area contributed by atoms with Crippen molar-refractivity contribution >= 4 is 49.9 Å². The van der Waals surface area contributed by atoms with Gasteiger partial charge >= 0.3 is 6.18 Å². The molecule has 0 spiro atoms. The molecule has 2 atom stereocenters. The zero-order valence-corrected chi connectivity index (χ0v) is 20.6. The van der Waals surface area contributed by atoms with Gasteiger partial charge in [-0.3, -0.25) is 0 Å². The Hall–Kier alpha value is -2.10. The summed E-state index contributed by atoms with van der Waals surface area (Å²) in [5.41, 5.74) is 1.42. The lowest BCUT2D eigenvalue weighted by Gasteiger charge is -2.22. The highest BCUT2D eigenvalue weighted by atomic mass is 79.9. The van der Waals surface area contributed by atoms with Crippen LogP contribution < -0.4 is 10.6 Å². The number of fused-ring (bicyclic) bond motifs is 1. The quantitative estimate of drug-likeness (QED) is 0.361. The second-order valence-corrected chi connectivity index (χ2v) is 9.33. The van der Waals surface area contributed by atoms with Crippen LogP contribution >= 0.6 is 27.5 Å². The van der Waals surface area contributed by atoms with E-state index in [4.69, 9.17) is 16.3 Å². The normalized spacial score (nSPS) is 17.4. The van der Waals surface area contributed by atoms with Crippen molar-refractivity contribution in [1.82, 2.24) is 9.97 Å². The number of rotatable bonds is 5. The Balaban J connectivity index is 1.75. The van der Waals surface area contributed by atoms with E-state index in [-0.39, 0.29) is 11.6 Å². The molecule has 176 valence electrons. The summed E-state index contributed by atoms with van der Waals surface area (Å²) in [5, 5.41) is 7.83. The molecular weight excluding hydrogens is 521 g/mol. The number of nitrogens with zero attached hydrogens (tertiary/aromatic N) is 2. The number of aryl methyl sites for hydroxylation is 1. The monoisotopic (exact) mass is 542 g/mol. The average molecular weight is 544 g/mol. The van der Waals surface area contributed by atoms with Gasteiger partial charge < -0.3 is 15.4 Å². The van der Waals surface area contributed by atoms with E-state index in [0.717, 1.165) is 18.2 Å². The average Bonchev–Trinajstić information content (AvgIpc) is 3.25. The number of nitrogens with one attached hydrogen (secondary N) is 2. The van der Waals surface area contributed by atoms with E-state index >= 15 is 0 Å². The van der Waals surface area contributed by atoms with Gasteiger partial charge in [0.05, 0.1) is 45.0 Å². The molecule has 0 radical (unpaired) electrons. The lowest BCUT2D eigenvalue weighted by molar-refractivity contribution is -0.138. The molecule has 10 heteroatoms. The highest BCUT2D eigenvalue weighted by Gasteiger charge is 2.33. The van der Waals surface area contributed by atoms with E-state index in [1.54, 1.807) is 19.9 Å². The Morgan fingerprint density at radius 2 is 2.00 bits per heavy atom.